The zero-order valence-corrected chi connectivity index (χ0v) is 7.51. The van der Waals surface area contributed by atoms with E-state index in [0.29, 0.717) is 22.9 Å². The summed E-state index contributed by atoms with van der Waals surface area (Å²) in [5, 5.41) is 9.33. The summed E-state index contributed by atoms with van der Waals surface area (Å²) in [4.78, 5) is 0. The largest absolute Gasteiger partial charge is 0.491 e. The topological polar surface area (TPSA) is 59.0 Å². The van der Waals surface area contributed by atoms with E-state index in [0.717, 1.165) is 5.56 Å². The van der Waals surface area contributed by atoms with Crippen LogP contribution < -0.4 is 10.5 Å². The van der Waals surface area contributed by atoms with Gasteiger partial charge in [-0.1, -0.05) is 11.6 Å². The van der Waals surface area contributed by atoms with Gasteiger partial charge in [0.2, 0.25) is 0 Å². The van der Waals surface area contributed by atoms with E-state index in [4.69, 9.17) is 27.3 Å². The Morgan fingerprint density at radius 3 is 3.08 bits per heavy atom. The lowest BCUT2D eigenvalue weighted by molar-refractivity contribution is 0.333. The van der Waals surface area contributed by atoms with Crippen LogP contribution in [-0.2, 0) is 0 Å². The molecule has 0 amide bonds. The Balaban J connectivity index is 2.66. The number of benzene rings is 1. The van der Waals surface area contributed by atoms with Gasteiger partial charge in [0.15, 0.2) is 0 Å². The molecule has 1 aromatic rings. The quantitative estimate of drug-likeness (QED) is 0.683. The van der Waals surface area contributed by atoms with Crippen LogP contribution >= 0.6 is 11.6 Å². The molecular formula is C9H7ClN2O. The van der Waals surface area contributed by atoms with Crippen LogP contribution in [0.25, 0.3) is 0 Å². The number of ether oxygens (including phenoxy) is 1. The highest BCUT2D eigenvalue weighted by atomic mass is 35.5. The summed E-state index contributed by atoms with van der Waals surface area (Å²) in [6.45, 7) is 0.421. The molecule has 1 unspecified atom stereocenters. The van der Waals surface area contributed by atoms with Crippen LogP contribution in [0.4, 0.5) is 0 Å². The first kappa shape index (κ1) is 8.36. The third-order valence-electron chi connectivity index (χ3n) is 2.02. The van der Waals surface area contributed by atoms with Gasteiger partial charge in [-0.2, -0.15) is 5.26 Å². The van der Waals surface area contributed by atoms with E-state index in [9.17, 15) is 0 Å². The second-order valence-electron chi connectivity index (χ2n) is 2.89. The number of fused-ring (bicyclic) bond motifs is 1. The van der Waals surface area contributed by atoms with Crippen LogP contribution in [0.1, 0.15) is 17.2 Å². The molecule has 4 heteroatoms. The second-order valence-corrected chi connectivity index (χ2v) is 3.33. The number of rotatable bonds is 0. The predicted molar refractivity (Wildman–Crippen MR) is 48.6 cm³/mol. The van der Waals surface area contributed by atoms with Crippen molar-refractivity contribution in [1.29, 1.82) is 5.26 Å². The molecule has 0 radical (unpaired) electrons. The van der Waals surface area contributed by atoms with Gasteiger partial charge in [0.1, 0.15) is 12.4 Å². The maximum atomic E-state index is 8.82. The van der Waals surface area contributed by atoms with Crippen molar-refractivity contribution >= 4 is 11.6 Å². The zero-order valence-electron chi connectivity index (χ0n) is 6.75. The van der Waals surface area contributed by atoms with E-state index in [-0.39, 0.29) is 6.04 Å². The lowest BCUT2D eigenvalue weighted by Crippen LogP contribution is -2.11. The average Bonchev–Trinajstić information content (AvgIpc) is 2.46. The van der Waals surface area contributed by atoms with Gasteiger partial charge in [-0.15, -0.1) is 0 Å². The molecule has 0 aromatic heterocycles. The Morgan fingerprint density at radius 2 is 2.38 bits per heavy atom. The fourth-order valence-electron chi connectivity index (χ4n) is 1.45. The predicted octanol–water partition coefficient (Wildman–Crippen LogP) is 1.60. The Kier molecular flexibility index (Phi) is 1.87. The van der Waals surface area contributed by atoms with Crippen LogP contribution in [0.15, 0.2) is 12.1 Å². The average molecular weight is 195 g/mol. The first-order valence-corrected chi connectivity index (χ1v) is 4.22. The minimum atomic E-state index is -0.207. The summed E-state index contributed by atoms with van der Waals surface area (Å²) in [6.07, 6.45) is 0. The van der Waals surface area contributed by atoms with Crippen molar-refractivity contribution in [3.63, 3.8) is 0 Å². The maximum absolute atomic E-state index is 8.82. The highest BCUT2D eigenvalue weighted by Gasteiger charge is 2.24. The number of nitriles is 1. The van der Waals surface area contributed by atoms with Gasteiger partial charge < -0.3 is 10.5 Å². The SMILES string of the molecule is N#Cc1cc(Cl)cc2c1C(N)CO2. The lowest BCUT2D eigenvalue weighted by Gasteiger charge is -2.03. The van der Waals surface area contributed by atoms with Crippen molar-refractivity contribution in [2.24, 2.45) is 5.73 Å². The fraction of sp³-hybridized carbons (Fsp3) is 0.222. The molecule has 1 aliphatic heterocycles. The Bertz CT molecular complexity index is 397. The van der Waals surface area contributed by atoms with Crippen molar-refractivity contribution in [1.82, 2.24) is 0 Å². The summed E-state index contributed by atoms with van der Waals surface area (Å²) < 4.78 is 5.27. The molecule has 0 bridgehead atoms. The van der Waals surface area contributed by atoms with E-state index in [1.807, 2.05) is 0 Å². The Morgan fingerprint density at radius 1 is 1.62 bits per heavy atom. The van der Waals surface area contributed by atoms with Gasteiger partial charge in [-0.05, 0) is 12.1 Å². The number of hydrogen-bond acceptors (Lipinski definition) is 3. The van der Waals surface area contributed by atoms with E-state index >= 15 is 0 Å². The smallest absolute Gasteiger partial charge is 0.127 e. The molecule has 1 atom stereocenters. The highest BCUT2D eigenvalue weighted by molar-refractivity contribution is 6.30. The van der Waals surface area contributed by atoms with E-state index in [1.54, 1.807) is 12.1 Å². The molecule has 3 nitrogen and oxygen atoms in total. The second kappa shape index (κ2) is 2.91. The van der Waals surface area contributed by atoms with Gasteiger partial charge in [0.05, 0.1) is 17.7 Å². The third kappa shape index (κ3) is 1.24. The number of hydrogen-bond donors (Lipinski definition) is 1. The van der Waals surface area contributed by atoms with Crippen molar-refractivity contribution in [2.75, 3.05) is 6.61 Å². The van der Waals surface area contributed by atoms with E-state index in [2.05, 4.69) is 6.07 Å². The summed E-state index contributed by atoms with van der Waals surface area (Å²) in [6, 6.07) is 5.14. The normalized spacial score (nSPS) is 19.0. The molecule has 1 heterocycles. The van der Waals surface area contributed by atoms with Crippen molar-refractivity contribution in [2.45, 2.75) is 6.04 Å². The summed E-state index contributed by atoms with van der Waals surface area (Å²) in [7, 11) is 0. The Hall–Kier alpha value is -1.24. The molecule has 1 aliphatic rings. The molecule has 0 saturated carbocycles. The van der Waals surface area contributed by atoms with Gasteiger partial charge in [-0.3, -0.25) is 0 Å². The first-order chi connectivity index (χ1) is 6.22. The molecule has 0 saturated heterocycles. The fourth-order valence-corrected chi connectivity index (χ4v) is 1.66. The number of nitrogens with two attached hydrogens (primary N) is 1. The molecule has 1 aromatic carbocycles. The van der Waals surface area contributed by atoms with Crippen molar-refractivity contribution in [3.05, 3.63) is 28.3 Å². The molecule has 0 spiro atoms. The molecular weight excluding hydrogens is 188 g/mol. The van der Waals surface area contributed by atoms with Gasteiger partial charge >= 0.3 is 0 Å². The van der Waals surface area contributed by atoms with Crippen molar-refractivity contribution < 1.29 is 4.74 Å². The maximum Gasteiger partial charge on any atom is 0.127 e. The van der Waals surface area contributed by atoms with Crippen LogP contribution in [0.5, 0.6) is 5.75 Å². The van der Waals surface area contributed by atoms with Crippen LogP contribution in [-0.4, -0.2) is 6.61 Å². The standard InChI is InChI=1S/C9H7ClN2O/c10-6-1-5(3-11)9-7(12)4-13-8(9)2-6/h1-2,7H,4,12H2. The summed E-state index contributed by atoms with van der Waals surface area (Å²) in [5.74, 6) is 0.636. The van der Waals surface area contributed by atoms with Gasteiger partial charge in [-0.25, -0.2) is 0 Å². The van der Waals surface area contributed by atoms with Crippen LogP contribution in [0.2, 0.25) is 5.02 Å². The minimum absolute atomic E-state index is 0.207. The molecule has 2 N–H and O–H groups in total. The molecule has 0 aliphatic carbocycles. The molecule has 66 valence electrons. The monoisotopic (exact) mass is 194 g/mol. The van der Waals surface area contributed by atoms with Crippen LogP contribution in [0.3, 0.4) is 0 Å². The van der Waals surface area contributed by atoms with Crippen LogP contribution in [0, 0.1) is 11.3 Å². The number of halogens is 1. The van der Waals surface area contributed by atoms with E-state index in [1.165, 1.54) is 0 Å². The molecule has 2 rings (SSSR count). The lowest BCUT2D eigenvalue weighted by atomic mass is 10.0. The summed E-state index contributed by atoms with van der Waals surface area (Å²) >= 11 is 5.78. The summed E-state index contributed by atoms with van der Waals surface area (Å²) in [5.41, 5.74) is 7.03. The molecule has 0 fully saturated rings. The van der Waals surface area contributed by atoms with Gasteiger partial charge in [0.25, 0.3) is 0 Å². The van der Waals surface area contributed by atoms with E-state index < -0.39 is 0 Å². The number of nitrogens with zero attached hydrogens (tertiary/aromatic N) is 1. The minimum Gasteiger partial charge on any atom is -0.491 e. The molecule has 13 heavy (non-hydrogen) atoms. The first-order valence-electron chi connectivity index (χ1n) is 3.84. The van der Waals surface area contributed by atoms with Crippen molar-refractivity contribution in [3.8, 4) is 11.8 Å². The van der Waals surface area contributed by atoms with Gasteiger partial charge in [0, 0.05) is 10.6 Å². The third-order valence-corrected chi connectivity index (χ3v) is 2.23. The zero-order chi connectivity index (χ0) is 9.42. The highest BCUT2D eigenvalue weighted by Crippen LogP contribution is 2.35. The Labute approximate surface area is 80.7 Å².